The van der Waals surface area contributed by atoms with Crippen molar-refractivity contribution in [2.24, 2.45) is 11.5 Å². The van der Waals surface area contributed by atoms with Gasteiger partial charge >= 0.3 is 11.9 Å². The zero-order chi connectivity index (χ0) is 21.8. The molecule has 0 saturated heterocycles. The Kier molecular flexibility index (Phi) is 10.3. The fraction of sp³-hybridized carbons (Fsp3) is 0.588. The quantitative estimate of drug-likeness (QED) is 0.187. The number of carbonyl (C=O) groups excluding carboxylic acids is 2. The van der Waals surface area contributed by atoms with Crippen LogP contribution in [0.15, 0.2) is 6.33 Å². The Labute approximate surface area is 167 Å². The van der Waals surface area contributed by atoms with Gasteiger partial charge < -0.3 is 37.3 Å². The number of hydrogen-bond donors (Lipinski definition) is 7. The number of amides is 2. The molecule has 0 saturated carbocycles. The maximum atomic E-state index is 12.4. The summed E-state index contributed by atoms with van der Waals surface area (Å²) in [6.45, 7) is 0.807. The number of hydrogen-bond acceptors (Lipinski definition) is 7. The Morgan fingerprint density at radius 2 is 1.38 bits per heavy atom. The molecule has 29 heavy (non-hydrogen) atoms. The molecule has 0 aliphatic carbocycles. The third-order valence-electron chi connectivity index (χ3n) is 4.18. The molecular formula is C17H28N6O6. The van der Waals surface area contributed by atoms with Gasteiger partial charge in [0, 0.05) is 0 Å². The molecule has 1 aromatic rings. The van der Waals surface area contributed by atoms with Crippen molar-refractivity contribution in [1.29, 1.82) is 0 Å². The van der Waals surface area contributed by atoms with Gasteiger partial charge in [-0.15, -0.1) is 0 Å². The number of carboxylic acid groups (broad SMARTS) is 2. The standard InChI is InChI=1S/C17H28N6O6/c18-7-3-1-5-10(16(26)27)22-14(24)12-13(21-9-20-12)15(25)23-11(17(28)29)6-2-4-8-19/h9-11H,1-8,18-19H2,(H,20,21)(H,22,24)(H,23,25)(H,26,27)(H,28,29)/t10-,11-/m0/s1. The van der Waals surface area contributed by atoms with Crippen LogP contribution in [0.2, 0.25) is 0 Å². The van der Waals surface area contributed by atoms with E-state index in [0.29, 0.717) is 38.8 Å². The minimum Gasteiger partial charge on any atom is -0.480 e. The lowest BCUT2D eigenvalue weighted by Gasteiger charge is -2.15. The number of H-pyrrole nitrogens is 1. The minimum atomic E-state index is -1.22. The van der Waals surface area contributed by atoms with Crippen molar-refractivity contribution in [3.8, 4) is 0 Å². The number of aromatic amines is 1. The minimum absolute atomic E-state index is 0.173. The van der Waals surface area contributed by atoms with Crippen molar-refractivity contribution >= 4 is 23.8 Å². The number of aliphatic carboxylic acids is 2. The van der Waals surface area contributed by atoms with E-state index in [1.165, 1.54) is 0 Å². The Bertz CT molecular complexity index is 650. The smallest absolute Gasteiger partial charge is 0.326 e. The third-order valence-corrected chi connectivity index (χ3v) is 4.18. The zero-order valence-corrected chi connectivity index (χ0v) is 16.0. The van der Waals surface area contributed by atoms with E-state index in [9.17, 15) is 29.4 Å². The first-order chi connectivity index (χ1) is 13.8. The maximum absolute atomic E-state index is 12.4. The Balaban J connectivity index is 2.82. The first-order valence-electron chi connectivity index (χ1n) is 9.32. The van der Waals surface area contributed by atoms with E-state index in [1.807, 2.05) is 0 Å². The van der Waals surface area contributed by atoms with E-state index in [-0.39, 0.29) is 24.2 Å². The number of aromatic nitrogens is 2. The topological polar surface area (TPSA) is 214 Å². The molecule has 0 unspecified atom stereocenters. The number of carboxylic acids is 2. The van der Waals surface area contributed by atoms with Crippen LogP contribution in [0.5, 0.6) is 0 Å². The molecular weight excluding hydrogens is 384 g/mol. The highest BCUT2D eigenvalue weighted by atomic mass is 16.4. The summed E-state index contributed by atoms with van der Waals surface area (Å²) in [5, 5.41) is 23.2. The molecule has 1 aromatic heterocycles. The number of rotatable bonds is 14. The first kappa shape index (κ1) is 24.0. The lowest BCUT2D eigenvalue weighted by atomic mass is 10.1. The van der Waals surface area contributed by atoms with E-state index in [1.54, 1.807) is 0 Å². The lowest BCUT2D eigenvalue weighted by molar-refractivity contribution is -0.140. The molecule has 9 N–H and O–H groups in total. The van der Waals surface area contributed by atoms with E-state index >= 15 is 0 Å². The van der Waals surface area contributed by atoms with Gasteiger partial charge in [-0.2, -0.15) is 0 Å². The number of nitrogens with zero attached hydrogens (tertiary/aromatic N) is 1. The van der Waals surface area contributed by atoms with Crippen LogP contribution >= 0.6 is 0 Å². The molecule has 2 amide bonds. The second-order valence-electron chi connectivity index (χ2n) is 6.42. The average molecular weight is 412 g/mol. The first-order valence-corrected chi connectivity index (χ1v) is 9.32. The Hall–Kier alpha value is -2.99. The molecule has 2 atom stereocenters. The van der Waals surface area contributed by atoms with Crippen molar-refractivity contribution < 1.29 is 29.4 Å². The Morgan fingerprint density at radius 3 is 1.83 bits per heavy atom. The number of nitrogens with two attached hydrogens (primary N) is 2. The van der Waals surface area contributed by atoms with Crippen LogP contribution in [-0.2, 0) is 9.59 Å². The predicted molar refractivity (Wildman–Crippen MR) is 102 cm³/mol. The van der Waals surface area contributed by atoms with Gasteiger partial charge in [-0.3, -0.25) is 9.59 Å². The van der Waals surface area contributed by atoms with Gasteiger partial charge in [0.2, 0.25) is 0 Å². The van der Waals surface area contributed by atoms with E-state index in [0.717, 1.165) is 6.33 Å². The molecule has 12 heteroatoms. The summed E-state index contributed by atoms with van der Waals surface area (Å²) >= 11 is 0. The van der Waals surface area contributed by atoms with Crippen LogP contribution in [0.25, 0.3) is 0 Å². The lowest BCUT2D eigenvalue weighted by Crippen LogP contribution is -2.43. The monoisotopic (exact) mass is 412 g/mol. The highest BCUT2D eigenvalue weighted by molar-refractivity contribution is 6.06. The van der Waals surface area contributed by atoms with E-state index in [2.05, 4.69) is 20.6 Å². The van der Waals surface area contributed by atoms with Crippen LogP contribution in [0.4, 0.5) is 0 Å². The second kappa shape index (κ2) is 12.5. The van der Waals surface area contributed by atoms with Crippen LogP contribution in [0.1, 0.15) is 59.5 Å². The zero-order valence-electron chi connectivity index (χ0n) is 16.0. The summed E-state index contributed by atoms with van der Waals surface area (Å²) in [4.78, 5) is 53.8. The number of carbonyl (C=O) groups is 4. The normalized spacial score (nSPS) is 12.8. The van der Waals surface area contributed by atoms with Crippen molar-refractivity contribution in [2.75, 3.05) is 13.1 Å². The highest BCUT2D eigenvalue weighted by Gasteiger charge is 2.27. The fourth-order valence-electron chi connectivity index (χ4n) is 2.60. The average Bonchev–Trinajstić information content (AvgIpc) is 3.16. The summed E-state index contributed by atoms with van der Waals surface area (Å²) in [6, 6.07) is -2.32. The van der Waals surface area contributed by atoms with E-state index < -0.39 is 35.8 Å². The van der Waals surface area contributed by atoms with Crippen LogP contribution in [-0.4, -0.2) is 69.1 Å². The SMILES string of the molecule is NCCCC[C@H](NC(=O)c1nc[nH]c1C(=O)N[C@@H](CCCCN)C(=O)O)C(=O)O. The number of nitrogens with one attached hydrogen (secondary N) is 3. The number of unbranched alkanes of at least 4 members (excludes halogenated alkanes) is 2. The number of imidazole rings is 1. The molecule has 0 fully saturated rings. The molecule has 0 bridgehead atoms. The van der Waals surface area contributed by atoms with E-state index in [4.69, 9.17) is 11.5 Å². The molecule has 0 aliphatic heterocycles. The van der Waals surface area contributed by atoms with Crippen LogP contribution in [0, 0.1) is 0 Å². The summed E-state index contributed by atoms with van der Waals surface area (Å²) in [7, 11) is 0. The van der Waals surface area contributed by atoms with Gasteiger partial charge in [0.25, 0.3) is 11.8 Å². The van der Waals surface area contributed by atoms with Gasteiger partial charge in [0.05, 0.1) is 6.33 Å². The van der Waals surface area contributed by atoms with Crippen molar-refractivity contribution in [3.05, 3.63) is 17.7 Å². The third kappa shape index (κ3) is 7.87. The van der Waals surface area contributed by atoms with Crippen molar-refractivity contribution in [2.45, 2.75) is 50.6 Å². The summed E-state index contributed by atoms with van der Waals surface area (Å²) < 4.78 is 0. The fourth-order valence-corrected chi connectivity index (χ4v) is 2.60. The largest absolute Gasteiger partial charge is 0.480 e. The molecule has 12 nitrogen and oxygen atoms in total. The Morgan fingerprint density at radius 1 is 0.897 bits per heavy atom. The highest BCUT2D eigenvalue weighted by Crippen LogP contribution is 2.08. The van der Waals surface area contributed by atoms with Gasteiger partial charge in [-0.05, 0) is 51.6 Å². The van der Waals surface area contributed by atoms with Gasteiger partial charge in [-0.1, -0.05) is 0 Å². The molecule has 0 aliphatic rings. The second-order valence-corrected chi connectivity index (χ2v) is 6.42. The van der Waals surface area contributed by atoms with Crippen LogP contribution in [0.3, 0.4) is 0 Å². The molecule has 0 aromatic carbocycles. The molecule has 1 heterocycles. The summed E-state index contributed by atoms with van der Waals surface area (Å²) in [5.74, 6) is -4.12. The van der Waals surface area contributed by atoms with Gasteiger partial charge in [0.1, 0.15) is 17.8 Å². The molecule has 0 radical (unpaired) electrons. The summed E-state index contributed by atoms with van der Waals surface area (Å²) in [6.07, 6.45) is 3.67. The molecule has 1 rings (SSSR count). The summed E-state index contributed by atoms with van der Waals surface area (Å²) in [5.41, 5.74) is 10.2. The maximum Gasteiger partial charge on any atom is 0.326 e. The van der Waals surface area contributed by atoms with Crippen molar-refractivity contribution in [3.63, 3.8) is 0 Å². The van der Waals surface area contributed by atoms with Gasteiger partial charge in [0.15, 0.2) is 5.69 Å². The molecule has 0 spiro atoms. The van der Waals surface area contributed by atoms with Crippen LogP contribution < -0.4 is 22.1 Å². The van der Waals surface area contributed by atoms with Crippen molar-refractivity contribution in [1.82, 2.24) is 20.6 Å². The predicted octanol–water partition coefficient (Wildman–Crippen LogP) is -0.966. The molecule has 162 valence electrons. The van der Waals surface area contributed by atoms with Gasteiger partial charge in [-0.25, -0.2) is 14.6 Å².